The average molecular weight is 313 g/mol. The van der Waals surface area contributed by atoms with Crippen LogP contribution in [0.5, 0.6) is 0 Å². The van der Waals surface area contributed by atoms with Crippen LogP contribution < -0.4 is 10.2 Å². The van der Waals surface area contributed by atoms with E-state index >= 15 is 0 Å². The molecule has 118 valence electrons. The summed E-state index contributed by atoms with van der Waals surface area (Å²) in [6, 6.07) is 7.93. The predicted octanol–water partition coefficient (Wildman–Crippen LogP) is 1.82. The third-order valence-corrected chi connectivity index (χ3v) is 3.92. The number of H-pyrrole nitrogens is 1. The van der Waals surface area contributed by atoms with Gasteiger partial charge in [-0.3, -0.25) is 9.89 Å². The smallest absolute Gasteiger partial charge is 0.269 e. The van der Waals surface area contributed by atoms with Crippen molar-refractivity contribution in [3.8, 4) is 6.07 Å². The summed E-state index contributed by atoms with van der Waals surface area (Å²) in [6.45, 7) is 1.25. The number of anilines is 1. The number of nitriles is 1. The van der Waals surface area contributed by atoms with Crippen LogP contribution in [0.1, 0.15) is 28.9 Å². The molecule has 3 rings (SSSR count). The molecule has 2 heterocycles. The van der Waals surface area contributed by atoms with Crippen LogP contribution in [0.25, 0.3) is 0 Å². The largest absolute Gasteiger partial charge is 0.367 e. The topological polar surface area (TPSA) is 84.8 Å². The summed E-state index contributed by atoms with van der Waals surface area (Å²) in [7, 11) is 0. The lowest BCUT2D eigenvalue weighted by Crippen LogP contribution is -2.48. The summed E-state index contributed by atoms with van der Waals surface area (Å²) in [5.74, 6) is -0.626. The van der Waals surface area contributed by atoms with Crippen molar-refractivity contribution in [2.75, 3.05) is 18.0 Å². The van der Waals surface area contributed by atoms with Gasteiger partial charge in [0, 0.05) is 25.3 Å². The highest BCUT2D eigenvalue weighted by Gasteiger charge is 2.24. The number of aromatic amines is 1. The SMILES string of the molecule is N#Cc1ccc(N2CCC[C@H](NC(=O)c3ccn[nH]3)C2)c(F)c1. The number of halogens is 1. The van der Waals surface area contributed by atoms with Crippen molar-refractivity contribution in [1.82, 2.24) is 15.5 Å². The lowest BCUT2D eigenvalue weighted by molar-refractivity contribution is 0.0928. The lowest BCUT2D eigenvalue weighted by atomic mass is 10.0. The summed E-state index contributed by atoms with van der Waals surface area (Å²) in [5.41, 5.74) is 1.17. The normalized spacial score (nSPS) is 17.6. The zero-order valence-corrected chi connectivity index (χ0v) is 12.4. The van der Waals surface area contributed by atoms with Gasteiger partial charge in [0.25, 0.3) is 5.91 Å². The van der Waals surface area contributed by atoms with Crippen molar-refractivity contribution in [2.45, 2.75) is 18.9 Å². The van der Waals surface area contributed by atoms with E-state index in [-0.39, 0.29) is 11.9 Å². The predicted molar refractivity (Wildman–Crippen MR) is 82.4 cm³/mol. The maximum Gasteiger partial charge on any atom is 0.269 e. The highest BCUT2D eigenvalue weighted by Crippen LogP contribution is 2.24. The first-order chi connectivity index (χ1) is 11.2. The van der Waals surface area contributed by atoms with Gasteiger partial charge in [0.15, 0.2) is 0 Å². The van der Waals surface area contributed by atoms with E-state index in [1.54, 1.807) is 18.2 Å². The molecule has 1 atom stereocenters. The number of carbonyl (C=O) groups is 1. The second kappa shape index (κ2) is 6.48. The van der Waals surface area contributed by atoms with Crippen LogP contribution in [0, 0.1) is 17.1 Å². The Morgan fingerprint density at radius 1 is 1.48 bits per heavy atom. The van der Waals surface area contributed by atoms with Crippen LogP contribution in [0.15, 0.2) is 30.5 Å². The fourth-order valence-electron chi connectivity index (χ4n) is 2.79. The minimum Gasteiger partial charge on any atom is -0.367 e. The highest BCUT2D eigenvalue weighted by molar-refractivity contribution is 5.92. The number of hydrogen-bond acceptors (Lipinski definition) is 4. The molecule has 2 N–H and O–H groups in total. The monoisotopic (exact) mass is 313 g/mol. The molecule has 6 nitrogen and oxygen atoms in total. The van der Waals surface area contributed by atoms with E-state index in [1.807, 2.05) is 11.0 Å². The van der Waals surface area contributed by atoms with Crippen LogP contribution >= 0.6 is 0 Å². The summed E-state index contributed by atoms with van der Waals surface area (Å²) in [6.07, 6.45) is 3.22. The van der Waals surface area contributed by atoms with Crippen molar-refractivity contribution in [1.29, 1.82) is 5.26 Å². The Bertz CT molecular complexity index is 737. The van der Waals surface area contributed by atoms with Crippen molar-refractivity contribution < 1.29 is 9.18 Å². The Hall–Kier alpha value is -2.88. The minimum absolute atomic E-state index is 0.0606. The standard InChI is InChI=1S/C16H16FN5O/c17-13-8-11(9-18)3-4-15(13)22-7-1-2-12(10-22)20-16(23)14-5-6-19-21-14/h3-6,8,12H,1-2,7,10H2,(H,19,21)(H,20,23)/t12-/m0/s1. The summed E-state index contributed by atoms with van der Waals surface area (Å²) in [4.78, 5) is 14.0. The number of carbonyl (C=O) groups excluding carboxylic acids is 1. The zero-order chi connectivity index (χ0) is 16.2. The van der Waals surface area contributed by atoms with Crippen molar-refractivity contribution in [3.05, 3.63) is 47.5 Å². The fourth-order valence-corrected chi connectivity index (χ4v) is 2.79. The molecule has 0 unspecified atom stereocenters. The van der Waals surface area contributed by atoms with E-state index in [0.717, 1.165) is 19.4 Å². The van der Waals surface area contributed by atoms with Crippen LogP contribution in [0.3, 0.4) is 0 Å². The number of nitrogens with one attached hydrogen (secondary N) is 2. The van der Waals surface area contributed by atoms with Crippen molar-refractivity contribution in [2.24, 2.45) is 0 Å². The molecule has 1 aromatic carbocycles. The molecule has 0 spiro atoms. The number of nitrogens with zero attached hydrogens (tertiary/aromatic N) is 3. The summed E-state index contributed by atoms with van der Waals surface area (Å²) >= 11 is 0. The quantitative estimate of drug-likeness (QED) is 0.905. The first kappa shape index (κ1) is 15.0. The molecule has 0 bridgehead atoms. The van der Waals surface area contributed by atoms with Gasteiger partial charge in [-0.2, -0.15) is 10.4 Å². The number of aromatic nitrogens is 2. The van der Waals surface area contributed by atoms with E-state index in [9.17, 15) is 9.18 Å². The van der Waals surface area contributed by atoms with Gasteiger partial charge in [0.1, 0.15) is 11.5 Å². The number of benzene rings is 1. The molecular weight excluding hydrogens is 297 g/mol. The van der Waals surface area contributed by atoms with E-state index in [1.165, 1.54) is 12.3 Å². The molecule has 1 saturated heterocycles. The van der Waals surface area contributed by atoms with Gasteiger partial charge in [0.2, 0.25) is 0 Å². The first-order valence-corrected chi connectivity index (χ1v) is 7.42. The number of piperidine rings is 1. The third-order valence-electron chi connectivity index (χ3n) is 3.92. The molecule has 1 amide bonds. The van der Waals surface area contributed by atoms with E-state index in [0.29, 0.717) is 23.5 Å². The Labute approximate surface area is 132 Å². The summed E-state index contributed by atoms with van der Waals surface area (Å²) < 4.78 is 14.1. The van der Waals surface area contributed by atoms with E-state index in [2.05, 4.69) is 15.5 Å². The van der Waals surface area contributed by atoms with Crippen LogP contribution in [-0.2, 0) is 0 Å². The summed E-state index contributed by atoms with van der Waals surface area (Å²) in [5, 5.41) is 18.1. The molecule has 2 aromatic rings. The number of rotatable bonds is 3. The second-order valence-electron chi connectivity index (χ2n) is 5.51. The molecule has 0 aliphatic carbocycles. The molecule has 0 radical (unpaired) electrons. The van der Waals surface area contributed by atoms with E-state index in [4.69, 9.17) is 5.26 Å². The van der Waals surface area contributed by atoms with Gasteiger partial charge >= 0.3 is 0 Å². The fraction of sp³-hybridized carbons (Fsp3) is 0.312. The van der Waals surface area contributed by atoms with Crippen molar-refractivity contribution in [3.63, 3.8) is 0 Å². The maximum atomic E-state index is 14.1. The Morgan fingerprint density at radius 2 is 2.35 bits per heavy atom. The van der Waals surface area contributed by atoms with Crippen LogP contribution in [0.4, 0.5) is 10.1 Å². The van der Waals surface area contributed by atoms with Crippen molar-refractivity contribution >= 4 is 11.6 Å². The van der Waals surface area contributed by atoms with Gasteiger partial charge in [-0.05, 0) is 37.1 Å². The Kier molecular flexibility index (Phi) is 4.24. The third kappa shape index (κ3) is 3.31. The van der Waals surface area contributed by atoms with Crippen LogP contribution in [-0.4, -0.2) is 35.2 Å². The number of hydrogen-bond donors (Lipinski definition) is 2. The molecular formula is C16H16FN5O. The molecule has 1 aliphatic heterocycles. The van der Waals surface area contributed by atoms with E-state index < -0.39 is 5.82 Å². The first-order valence-electron chi connectivity index (χ1n) is 7.42. The molecule has 1 aromatic heterocycles. The van der Waals surface area contributed by atoms with Gasteiger partial charge < -0.3 is 10.2 Å². The molecule has 23 heavy (non-hydrogen) atoms. The molecule has 1 fully saturated rings. The Balaban J connectivity index is 1.69. The highest BCUT2D eigenvalue weighted by atomic mass is 19.1. The molecule has 1 aliphatic rings. The maximum absolute atomic E-state index is 14.1. The van der Waals surface area contributed by atoms with Gasteiger partial charge in [-0.1, -0.05) is 0 Å². The minimum atomic E-state index is -0.412. The molecule has 7 heteroatoms. The van der Waals surface area contributed by atoms with Gasteiger partial charge in [-0.25, -0.2) is 4.39 Å². The lowest BCUT2D eigenvalue weighted by Gasteiger charge is -2.34. The zero-order valence-electron chi connectivity index (χ0n) is 12.4. The Morgan fingerprint density at radius 3 is 3.04 bits per heavy atom. The second-order valence-corrected chi connectivity index (χ2v) is 5.51. The van der Waals surface area contributed by atoms with Gasteiger partial charge in [-0.15, -0.1) is 0 Å². The molecule has 0 saturated carbocycles. The number of amides is 1. The van der Waals surface area contributed by atoms with Crippen LogP contribution in [0.2, 0.25) is 0 Å². The van der Waals surface area contributed by atoms with Gasteiger partial charge in [0.05, 0.1) is 17.3 Å². The average Bonchev–Trinajstić information content (AvgIpc) is 3.09.